The van der Waals surface area contributed by atoms with Gasteiger partial charge in [-0.2, -0.15) is 0 Å². The molecular weight excluding hydrogens is 244 g/mol. The smallest absolute Gasteiger partial charge is 0.303 e. The number of amides is 1. The Balaban J connectivity index is 4.04. The summed E-state index contributed by atoms with van der Waals surface area (Å²) in [5.74, 6) is -1.02. The zero-order valence-electron chi connectivity index (χ0n) is 10.3. The van der Waals surface area contributed by atoms with E-state index in [9.17, 15) is 14.5 Å². The molecule has 0 aromatic heterocycles. The summed E-state index contributed by atoms with van der Waals surface area (Å²) in [5, 5.41) is 8.45. The third kappa shape index (κ3) is 7.73. The monoisotopic (exact) mass is 262 g/mol. The number of carbonyl (C=O) groups excluding carboxylic acids is 1. The minimum Gasteiger partial charge on any atom is -0.481 e. The van der Waals surface area contributed by atoms with Crippen molar-refractivity contribution >= 4 is 23.8 Å². The van der Waals surface area contributed by atoms with Gasteiger partial charge in [-0.1, -0.05) is 0 Å². The molecule has 98 valence electrons. The molecule has 1 amide bonds. The van der Waals surface area contributed by atoms with Crippen molar-refractivity contribution in [2.45, 2.75) is 37.9 Å². The van der Waals surface area contributed by atoms with Gasteiger partial charge in [-0.3, -0.25) is 9.59 Å². The van der Waals surface area contributed by atoms with E-state index in [4.69, 9.17) is 5.11 Å². The molecule has 0 heterocycles. The molecule has 7 heteroatoms. The van der Waals surface area contributed by atoms with Crippen LogP contribution in [0.4, 0.5) is 0 Å². The Morgan fingerprint density at radius 1 is 1.35 bits per heavy atom. The van der Waals surface area contributed by atoms with Gasteiger partial charge in [0.1, 0.15) is 0 Å². The van der Waals surface area contributed by atoms with Gasteiger partial charge >= 0.3 is 5.97 Å². The first-order chi connectivity index (χ1) is 7.78. The van der Waals surface area contributed by atoms with Crippen LogP contribution in [0.15, 0.2) is 4.58 Å². The molecule has 0 unspecified atom stereocenters. The second-order valence-corrected chi connectivity index (χ2v) is 5.86. The van der Waals surface area contributed by atoms with Gasteiger partial charge in [0.05, 0.1) is 4.75 Å². The summed E-state index contributed by atoms with van der Waals surface area (Å²) in [6.07, 6.45) is 0.531. The molecule has 1 N–H and O–H groups in total. The number of carbonyl (C=O) groups is 2. The predicted molar refractivity (Wildman–Crippen MR) is 66.6 cm³/mol. The summed E-state index contributed by atoms with van der Waals surface area (Å²) >= 11 is 0.889. The third-order valence-corrected chi connectivity index (χ3v) is 2.81. The van der Waals surface area contributed by atoms with Gasteiger partial charge in [0, 0.05) is 43.0 Å². The summed E-state index contributed by atoms with van der Waals surface area (Å²) in [6.45, 7) is 4.04. The van der Waals surface area contributed by atoms with Gasteiger partial charge in [0.15, 0.2) is 0 Å². The second kappa shape index (κ2) is 7.26. The molecule has 0 aliphatic heterocycles. The van der Waals surface area contributed by atoms with Gasteiger partial charge in [-0.05, 0) is 20.3 Å². The highest BCUT2D eigenvalue weighted by Gasteiger charge is 2.24. The topological polar surface area (TPSA) is 87.0 Å². The molecule has 0 aromatic rings. The number of hydrogen-bond acceptors (Lipinski definition) is 5. The van der Waals surface area contributed by atoms with Crippen LogP contribution < -0.4 is 0 Å². The van der Waals surface area contributed by atoms with E-state index >= 15 is 0 Å². The predicted octanol–water partition coefficient (Wildman–Crippen LogP) is 1.89. The molecule has 0 aliphatic carbocycles. The highest BCUT2D eigenvalue weighted by Crippen LogP contribution is 2.25. The average molecular weight is 262 g/mol. The quantitative estimate of drug-likeness (QED) is 0.533. The summed E-state index contributed by atoms with van der Waals surface area (Å²) in [5.41, 5.74) is 0. The second-order valence-electron chi connectivity index (χ2n) is 4.42. The molecule has 6 nitrogen and oxygen atoms in total. The van der Waals surface area contributed by atoms with Gasteiger partial charge in [-0.25, -0.2) is 0 Å². The van der Waals surface area contributed by atoms with Gasteiger partial charge < -0.3 is 10.0 Å². The minimum absolute atomic E-state index is 0.00633. The SMILES string of the molecule is CN(CC(C)(C)SN=O)C(=O)CCCC(=O)O. The minimum atomic E-state index is -0.901. The molecule has 0 saturated carbocycles. The van der Waals surface area contributed by atoms with Crippen LogP contribution in [0, 0.1) is 4.91 Å². The molecule has 0 atom stereocenters. The number of hydrogen-bond donors (Lipinski definition) is 1. The summed E-state index contributed by atoms with van der Waals surface area (Å²) in [6, 6.07) is 0. The first-order valence-corrected chi connectivity index (χ1v) is 6.02. The van der Waals surface area contributed by atoms with Gasteiger partial charge in [0.2, 0.25) is 5.91 Å². The van der Waals surface area contributed by atoms with E-state index in [1.807, 2.05) is 13.8 Å². The van der Waals surface area contributed by atoms with Crippen LogP contribution in [-0.4, -0.2) is 40.2 Å². The Morgan fingerprint density at radius 2 is 1.94 bits per heavy atom. The van der Waals surface area contributed by atoms with Gasteiger partial charge in [0.25, 0.3) is 0 Å². The zero-order chi connectivity index (χ0) is 13.5. The molecule has 0 saturated heterocycles. The Morgan fingerprint density at radius 3 is 2.41 bits per heavy atom. The van der Waals surface area contributed by atoms with Crippen molar-refractivity contribution in [3.8, 4) is 0 Å². The van der Waals surface area contributed by atoms with Crippen molar-refractivity contribution in [3.63, 3.8) is 0 Å². The van der Waals surface area contributed by atoms with E-state index in [1.54, 1.807) is 7.05 Å². The zero-order valence-corrected chi connectivity index (χ0v) is 11.1. The highest BCUT2D eigenvalue weighted by atomic mass is 32.2. The van der Waals surface area contributed by atoms with E-state index in [0.29, 0.717) is 13.0 Å². The highest BCUT2D eigenvalue weighted by molar-refractivity contribution is 7.99. The van der Waals surface area contributed by atoms with E-state index in [-0.39, 0.29) is 18.7 Å². The Hall–Kier alpha value is -1.11. The lowest BCUT2D eigenvalue weighted by atomic mass is 10.1. The molecule has 17 heavy (non-hydrogen) atoms. The number of nitrogens with zero attached hydrogens (tertiary/aromatic N) is 2. The van der Waals surface area contributed by atoms with Gasteiger partial charge in [-0.15, -0.1) is 4.91 Å². The molecule has 0 rings (SSSR count). The lowest BCUT2D eigenvalue weighted by molar-refractivity contribution is -0.137. The largest absolute Gasteiger partial charge is 0.481 e. The van der Waals surface area contributed by atoms with Crippen molar-refractivity contribution < 1.29 is 14.7 Å². The number of nitroso groups, excluding NO2 is 1. The van der Waals surface area contributed by atoms with Crippen molar-refractivity contribution in [3.05, 3.63) is 4.91 Å². The Kier molecular flexibility index (Phi) is 6.79. The van der Waals surface area contributed by atoms with Crippen LogP contribution in [0.2, 0.25) is 0 Å². The van der Waals surface area contributed by atoms with Crippen molar-refractivity contribution in [1.82, 2.24) is 4.90 Å². The molecule has 0 aromatic carbocycles. The first-order valence-electron chi connectivity index (χ1n) is 5.25. The Labute approximate surface area is 105 Å². The van der Waals surface area contributed by atoms with Crippen molar-refractivity contribution in [2.75, 3.05) is 13.6 Å². The maximum atomic E-state index is 11.6. The van der Waals surface area contributed by atoms with Crippen LogP contribution in [0.1, 0.15) is 33.1 Å². The molecule has 0 spiro atoms. The van der Waals surface area contributed by atoms with Crippen LogP contribution in [-0.2, 0) is 9.59 Å². The van der Waals surface area contributed by atoms with E-state index in [1.165, 1.54) is 4.90 Å². The van der Waals surface area contributed by atoms with E-state index in [2.05, 4.69) is 4.58 Å². The first kappa shape index (κ1) is 15.9. The van der Waals surface area contributed by atoms with Crippen LogP contribution in [0.25, 0.3) is 0 Å². The van der Waals surface area contributed by atoms with E-state index < -0.39 is 10.7 Å². The normalized spacial score (nSPS) is 11.0. The van der Waals surface area contributed by atoms with Crippen molar-refractivity contribution in [2.24, 2.45) is 4.58 Å². The fraction of sp³-hybridized carbons (Fsp3) is 0.800. The third-order valence-electron chi connectivity index (χ3n) is 2.11. The molecule has 0 radical (unpaired) electrons. The fourth-order valence-corrected chi connectivity index (χ4v) is 1.82. The number of carboxylic acid groups (broad SMARTS) is 1. The summed E-state index contributed by atoms with van der Waals surface area (Å²) < 4.78 is 2.32. The molecule has 0 fully saturated rings. The maximum Gasteiger partial charge on any atom is 0.303 e. The summed E-state index contributed by atoms with van der Waals surface area (Å²) in [4.78, 5) is 33.6. The Bertz CT molecular complexity index is 294. The maximum absolute atomic E-state index is 11.6. The fourth-order valence-electron chi connectivity index (χ4n) is 1.37. The van der Waals surface area contributed by atoms with E-state index in [0.717, 1.165) is 11.9 Å². The lowest BCUT2D eigenvalue weighted by Crippen LogP contribution is -2.37. The number of carboxylic acids is 1. The van der Waals surface area contributed by atoms with Crippen LogP contribution >= 0.6 is 11.9 Å². The van der Waals surface area contributed by atoms with Crippen LogP contribution in [0.3, 0.4) is 0 Å². The number of aliphatic carboxylic acids is 1. The summed E-state index contributed by atoms with van der Waals surface area (Å²) in [7, 11) is 1.64. The molecular formula is C10H18N2O4S. The molecule has 0 bridgehead atoms. The number of rotatable bonds is 8. The molecule has 0 aliphatic rings. The standard InChI is InChI=1S/C10H18N2O4S/c1-10(2,17-11-16)7-12(3)8(13)5-4-6-9(14)15/h4-7H2,1-3H3,(H,14,15). The average Bonchev–Trinajstić information content (AvgIpc) is 2.15. The lowest BCUT2D eigenvalue weighted by Gasteiger charge is -2.26. The van der Waals surface area contributed by atoms with Crippen molar-refractivity contribution in [1.29, 1.82) is 0 Å². The van der Waals surface area contributed by atoms with Crippen LogP contribution in [0.5, 0.6) is 0 Å².